The fraction of sp³-hybridized carbons (Fsp3) is 0.0833. The lowest BCUT2D eigenvalue weighted by molar-refractivity contribution is -0.138. The van der Waals surface area contributed by atoms with E-state index in [0.29, 0.717) is 0 Å². The first-order chi connectivity index (χ1) is 9.52. The number of hydrogen-bond donors (Lipinski definition) is 3. The summed E-state index contributed by atoms with van der Waals surface area (Å²) < 4.78 is 0. The van der Waals surface area contributed by atoms with E-state index in [2.05, 4.69) is 28.2 Å². The number of amides is 2. The van der Waals surface area contributed by atoms with E-state index in [9.17, 15) is 14.4 Å². The zero-order chi connectivity index (χ0) is 14.7. The van der Waals surface area contributed by atoms with Crippen molar-refractivity contribution in [2.24, 2.45) is 0 Å². The topological polar surface area (TPSA) is 111 Å². The number of carbonyl (C=O) groups excluding carboxylic acids is 3. The highest BCUT2D eigenvalue weighted by atomic mass is 32.1. The summed E-state index contributed by atoms with van der Waals surface area (Å²) in [6, 6.07) is 6.76. The molecule has 0 aromatic heterocycles. The molecule has 1 aromatic carbocycles. The Kier molecular flexibility index (Phi) is 3.72. The van der Waals surface area contributed by atoms with Gasteiger partial charge in [-0.3, -0.25) is 14.4 Å². The number of Topliss-reactive ketones (excluding diaryl/α,β-unsaturated/α-hetero) is 1. The summed E-state index contributed by atoms with van der Waals surface area (Å²) >= 11 is 4.68. The molecule has 2 rings (SSSR count). The van der Waals surface area contributed by atoms with E-state index < -0.39 is 23.6 Å². The molecule has 8 heteroatoms. The fourth-order valence-corrected chi connectivity index (χ4v) is 1.82. The van der Waals surface area contributed by atoms with Gasteiger partial charge in [0.1, 0.15) is 6.07 Å². The molecule has 1 atom stereocenters. The summed E-state index contributed by atoms with van der Waals surface area (Å²) in [5, 5.41) is 15.8. The third-order valence-electron chi connectivity index (χ3n) is 2.56. The lowest BCUT2D eigenvalue weighted by Gasteiger charge is -2.08. The molecule has 20 heavy (non-hydrogen) atoms. The molecule has 0 radical (unpaired) electrons. The van der Waals surface area contributed by atoms with Gasteiger partial charge >= 0.3 is 0 Å². The number of nitriles is 1. The van der Waals surface area contributed by atoms with Crippen LogP contribution in [0.25, 0.3) is 0 Å². The van der Waals surface area contributed by atoms with Crippen molar-refractivity contribution in [1.82, 2.24) is 10.6 Å². The number of nitrogens with zero attached hydrogens (tertiary/aromatic N) is 1. The van der Waals surface area contributed by atoms with E-state index in [-0.39, 0.29) is 16.4 Å². The van der Waals surface area contributed by atoms with Crippen LogP contribution in [0.5, 0.6) is 0 Å². The largest absolute Gasteiger partial charge is 0.344 e. The van der Waals surface area contributed by atoms with E-state index in [1.54, 1.807) is 12.1 Å². The van der Waals surface area contributed by atoms with Crippen molar-refractivity contribution in [2.45, 2.75) is 6.04 Å². The first-order valence-corrected chi connectivity index (χ1v) is 5.89. The average molecular weight is 288 g/mol. The summed E-state index contributed by atoms with van der Waals surface area (Å²) in [5.74, 6) is -2.65. The van der Waals surface area contributed by atoms with Crippen molar-refractivity contribution >= 4 is 40.6 Å². The fourth-order valence-electron chi connectivity index (χ4n) is 1.61. The number of nitrogens with one attached hydrogen (secondary N) is 3. The third kappa shape index (κ3) is 2.62. The predicted molar refractivity (Wildman–Crippen MR) is 72.5 cm³/mol. The van der Waals surface area contributed by atoms with Crippen LogP contribution < -0.4 is 16.0 Å². The molecule has 0 aliphatic carbocycles. The van der Waals surface area contributed by atoms with Crippen LogP contribution in [-0.2, 0) is 14.4 Å². The van der Waals surface area contributed by atoms with Crippen LogP contribution in [0.15, 0.2) is 24.3 Å². The van der Waals surface area contributed by atoms with E-state index in [1.165, 1.54) is 12.1 Å². The molecule has 1 heterocycles. The van der Waals surface area contributed by atoms with Crippen molar-refractivity contribution < 1.29 is 14.4 Å². The smallest absolute Gasteiger partial charge is 0.294 e. The molecule has 1 fully saturated rings. The van der Waals surface area contributed by atoms with Crippen molar-refractivity contribution in [3.05, 3.63) is 29.8 Å². The Bertz CT molecular complexity index is 665. The Morgan fingerprint density at radius 1 is 1.35 bits per heavy atom. The molecular weight excluding hydrogens is 280 g/mol. The van der Waals surface area contributed by atoms with Gasteiger partial charge in [-0.1, -0.05) is 12.1 Å². The quantitative estimate of drug-likeness (QED) is 0.390. The Morgan fingerprint density at radius 2 is 2.05 bits per heavy atom. The monoisotopic (exact) mass is 288 g/mol. The molecule has 7 nitrogen and oxygen atoms in total. The molecule has 3 N–H and O–H groups in total. The van der Waals surface area contributed by atoms with E-state index >= 15 is 0 Å². The number of thiocarbonyl (C=S) groups is 1. The zero-order valence-corrected chi connectivity index (χ0v) is 10.8. The minimum atomic E-state index is -1.34. The van der Waals surface area contributed by atoms with Gasteiger partial charge in [-0.25, -0.2) is 0 Å². The summed E-state index contributed by atoms with van der Waals surface area (Å²) in [6.45, 7) is 0. The van der Waals surface area contributed by atoms with Gasteiger partial charge in [0.25, 0.3) is 17.6 Å². The van der Waals surface area contributed by atoms with Crippen molar-refractivity contribution in [3.63, 3.8) is 0 Å². The molecular formula is C12H8N4O3S. The minimum absolute atomic E-state index is 0.00132. The van der Waals surface area contributed by atoms with Gasteiger partial charge in [-0.05, 0) is 24.4 Å². The average Bonchev–Trinajstić information content (AvgIpc) is 2.77. The molecule has 1 saturated heterocycles. The number of anilines is 1. The molecule has 0 spiro atoms. The van der Waals surface area contributed by atoms with E-state index in [0.717, 1.165) is 0 Å². The van der Waals surface area contributed by atoms with E-state index in [4.69, 9.17) is 5.26 Å². The number of rotatable bonds is 3. The van der Waals surface area contributed by atoms with Gasteiger partial charge in [0, 0.05) is 0 Å². The SMILES string of the molecule is N#Cc1ccccc1NC(=O)C(=O)[C@@H]1NC(=S)NC1=O. The molecule has 1 aliphatic heterocycles. The molecule has 0 bridgehead atoms. The number of benzene rings is 1. The van der Waals surface area contributed by atoms with Gasteiger partial charge in [0.15, 0.2) is 11.2 Å². The maximum absolute atomic E-state index is 11.8. The lowest BCUT2D eigenvalue weighted by Crippen LogP contribution is -2.43. The van der Waals surface area contributed by atoms with Gasteiger partial charge in [0.05, 0.1) is 11.3 Å². The molecule has 0 unspecified atom stereocenters. The molecule has 1 aromatic rings. The second kappa shape index (κ2) is 5.46. The number of ketones is 1. The van der Waals surface area contributed by atoms with Crippen molar-refractivity contribution in [2.75, 3.05) is 5.32 Å². The summed E-state index contributed by atoms with van der Waals surface area (Å²) in [5.41, 5.74) is 0.419. The Balaban J connectivity index is 2.13. The molecule has 1 aliphatic rings. The Labute approximate surface area is 119 Å². The van der Waals surface area contributed by atoms with E-state index in [1.807, 2.05) is 6.07 Å². The Hall–Kier alpha value is -2.79. The van der Waals surface area contributed by atoms with Crippen LogP contribution in [0, 0.1) is 11.3 Å². The van der Waals surface area contributed by atoms with Crippen LogP contribution in [0.1, 0.15) is 5.56 Å². The molecule has 2 amide bonds. The Morgan fingerprint density at radius 3 is 2.65 bits per heavy atom. The summed E-state index contributed by atoms with van der Waals surface area (Å²) in [6.07, 6.45) is 0. The van der Waals surface area contributed by atoms with Gasteiger partial charge < -0.3 is 16.0 Å². The molecule has 100 valence electrons. The van der Waals surface area contributed by atoms with Crippen molar-refractivity contribution in [3.8, 4) is 6.07 Å². The van der Waals surface area contributed by atoms with Gasteiger partial charge in [-0.2, -0.15) is 5.26 Å². The van der Waals surface area contributed by atoms with Gasteiger partial charge in [-0.15, -0.1) is 0 Å². The minimum Gasteiger partial charge on any atom is -0.344 e. The third-order valence-corrected chi connectivity index (χ3v) is 2.78. The van der Waals surface area contributed by atoms with Crippen LogP contribution in [-0.4, -0.2) is 28.8 Å². The highest BCUT2D eigenvalue weighted by Gasteiger charge is 2.37. The highest BCUT2D eigenvalue weighted by molar-refractivity contribution is 7.80. The maximum Gasteiger partial charge on any atom is 0.294 e. The normalized spacial score (nSPS) is 16.9. The summed E-state index contributed by atoms with van der Waals surface area (Å²) in [4.78, 5) is 35.0. The predicted octanol–water partition coefficient (Wildman–Crippen LogP) is -0.561. The van der Waals surface area contributed by atoms with Crippen LogP contribution >= 0.6 is 12.2 Å². The van der Waals surface area contributed by atoms with Gasteiger partial charge in [0.2, 0.25) is 0 Å². The highest BCUT2D eigenvalue weighted by Crippen LogP contribution is 2.13. The number of carbonyl (C=O) groups is 3. The first-order valence-electron chi connectivity index (χ1n) is 5.48. The molecule has 0 saturated carbocycles. The zero-order valence-electron chi connectivity index (χ0n) is 9.97. The first kappa shape index (κ1) is 13.6. The summed E-state index contributed by atoms with van der Waals surface area (Å²) in [7, 11) is 0. The van der Waals surface area contributed by atoms with Crippen LogP contribution in [0.2, 0.25) is 0 Å². The van der Waals surface area contributed by atoms with Crippen molar-refractivity contribution in [1.29, 1.82) is 5.26 Å². The number of para-hydroxylation sites is 1. The maximum atomic E-state index is 11.8. The second-order valence-electron chi connectivity index (χ2n) is 3.87. The second-order valence-corrected chi connectivity index (χ2v) is 4.28. The van der Waals surface area contributed by atoms with Crippen LogP contribution in [0.3, 0.4) is 0 Å². The van der Waals surface area contributed by atoms with Crippen LogP contribution in [0.4, 0.5) is 5.69 Å². The standard InChI is InChI=1S/C12H8N4O3S/c13-5-6-3-1-2-4-7(6)14-11(19)9(17)8-10(18)16-12(20)15-8/h1-4,8H,(H,14,19)(H2,15,16,18,20)/t8-/m0/s1. The number of hydrogen-bond acceptors (Lipinski definition) is 5. The lowest BCUT2D eigenvalue weighted by atomic mass is 10.1.